The smallest absolute Gasteiger partial charge is 0.253 e. The Labute approximate surface area is 175 Å². The van der Waals surface area contributed by atoms with Crippen LogP contribution in [-0.4, -0.2) is 57.4 Å². The van der Waals surface area contributed by atoms with Crippen molar-refractivity contribution in [1.82, 2.24) is 14.6 Å². The molecule has 3 rings (SSSR count). The molecular formula is C20H24N4O5S. The molecule has 2 heterocycles. The van der Waals surface area contributed by atoms with Crippen LogP contribution < -0.4 is 14.8 Å². The van der Waals surface area contributed by atoms with Gasteiger partial charge in [-0.3, -0.25) is 9.59 Å². The number of nitrogens with zero attached hydrogens (tertiary/aromatic N) is 2. The summed E-state index contributed by atoms with van der Waals surface area (Å²) in [6, 6.07) is 9.59. The highest BCUT2D eigenvalue weighted by molar-refractivity contribution is 7.89. The van der Waals surface area contributed by atoms with E-state index in [1.54, 1.807) is 29.3 Å². The molecule has 10 heteroatoms. The Bertz CT molecular complexity index is 1020. The van der Waals surface area contributed by atoms with Crippen LogP contribution in [0.2, 0.25) is 0 Å². The zero-order valence-electron chi connectivity index (χ0n) is 16.8. The molecule has 1 aromatic heterocycles. The summed E-state index contributed by atoms with van der Waals surface area (Å²) in [5.41, 5.74) is 0.251. The highest BCUT2D eigenvalue weighted by atomic mass is 32.2. The highest BCUT2D eigenvalue weighted by Gasteiger charge is 2.29. The average molecular weight is 433 g/mol. The van der Waals surface area contributed by atoms with Crippen LogP contribution in [0.25, 0.3) is 0 Å². The summed E-state index contributed by atoms with van der Waals surface area (Å²) in [6.07, 6.45) is 2.64. The summed E-state index contributed by atoms with van der Waals surface area (Å²) in [6.45, 7) is 0.804. The minimum Gasteiger partial charge on any atom is -0.495 e. The van der Waals surface area contributed by atoms with Crippen LogP contribution in [0.3, 0.4) is 0 Å². The van der Waals surface area contributed by atoms with E-state index >= 15 is 0 Å². The maximum absolute atomic E-state index is 12.9. The number of nitrogens with one attached hydrogen (secondary N) is 2. The molecule has 0 aliphatic carbocycles. The van der Waals surface area contributed by atoms with Gasteiger partial charge in [-0.1, -0.05) is 6.07 Å². The minimum absolute atomic E-state index is 0.0945. The maximum Gasteiger partial charge on any atom is 0.253 e. The summed E-state index contributed by atoms with van der Waals surface area (Å²) in [5.74, 6) is 0.0388. The van der Waals surface area contributed by atoms with E-state index in [0.717, 1.165) is 0 Å². The van der Waals surface area contributed by atoms with Gasteiger partial charge in [0.25, 0.3) is 5.91 Å². The summed E-state index contributed by atoms with van der Waals surface area (Å²) >= 11 is 0. The van der Waals surface area contributed by atoms with Crippen molar-refractivity contribution in [3.05, 3.63) is 48.2 Å². The van der Waals surface area contributed by atoms with Crippen molar-refractivity contribution in [2.24, 2.45) is 5.92 Å². The zero-order valence-corrected chi connectivity index (χ0v) is 17.6. The first kappa shape index (κ1) is 21.7. The largest absolute Gasteiger partial charge is 0.495 e. The van der Waals surface area contributed by atoms with Crippen LogP contribution in [0.5, 0.6) is 5.75 Å². The Hall–Kier alpha value is -2.98. The third-order valence-corrected chi connectivity index (χ3v) is 6.47. The number of sulfonamides is 1. The predicted octanol–water partition coefficient (Wildman–Crippen LogP) is 1.49. The summed E-state index contributed by atoms with van der Waals surface area (Å²) in [4.78, 5) is 30.9. The van der Waals surface area contributed by atoms with E-state index in [4.69, 9.17) is 4.74 Å². The van der Waals surface area contributed by atoms with E-state index in [1.807, 2.05) is 0 Å². The lowest BCUT2D eigenvalue weighted by molar-refractivity contribution is -0.121. The van der Waals surface area contributed by atoms with Crippen LogP contribution >= 0.6 is 0 Å². The molecule has 0 radical (unpaired) electrons. The van der Waals surface area contributed by atoms with Gasteiger partial charge in [0.1, 0.15) is 16.5 Å². The fourth-order valence-electron chi connectivity index (χ4n) is 3.32. The number of hydrogen-bond acceptors (Lipinski definition) is 6. The lowest BCUT2D eigenvalue weighted by atomic mass is 9.95. The van der Waals surface area contributed by atoms with Gasteiger partial charge < -0.3 is 15.0 Å². The molecule has 9 nitrogen and oxygen atoms in total. The molecule has 0 bridgehead atoms. The molecule has 30 heavy (non-hydrogen) atoms. The molecule has 1 aliphatic heterocycles. The normalized spacial score (nSPS) is 14.9. The second-order valence-corrected chi connectivity index (χ2v) is 8.70. The quantitative estimate of drug-likeness (QED) is 0.714. The first-order valence-corrected chi connectivity index (χ1v) is 11.0. The summed E-state index contributed by atoms with van der Waals surface area (Å²) in [7, 11) is -1.12. The minimum atomic E-state index is -3.78. The van der Waals surface area contributed by atoms with E-state index in [-0.39, 0.29) is 33.9 Å². The van der Waals surface area contributed by atoms with Gasteiger partial charge in [0, 0.05) is 30.8 Å². The number of piperidine rings is 1. The van der Waals surface area contributed by atoms with Crippen molar-refractivity contribution in [1.29, 1.82) is 0 Å². The fraction of sp³-hybridized carbons (Fsp3) is 0.350. The molecule has 2 amide bonds. The summed E-state index contributed by atoms with van der Waals surface area (Å²) in [5, 5.41) is 2.79. The first-order valence-electron chi connectivity index (χ1n) is 9.48. The van der Waals surface area contributed by atoms with Gasteiger partial charge in [0.2, 0.25) is 15.9 Å². The fourth-order valence-corrected chi connectivity index (χ4v) is 4.24. The Morgan fingerprint density at radius 2 is 1.90 bits per heavy atom. The number of anilines is 1. The van der Waals surface area contributed by atoms with Crippen molar-refractivity contribution in [2.75, 3.05) is 32.6 Å². The molecule has 1 aliphatic rings. The van der Waals surface area contributed by atoms with Gasteiger partial charge in [-0.2, -0.15) is 0 Å². The standard InChI is InChI=1S/C20H24N4O5S/c1-21-30(27,28)17-13-15(6-7-16(17)29-2)20(26)24-11-8-14(9-12-24)19(25)23-18-5-3-4-10-22-18/h3-7,10,13-14,21H,8-9,11-12H2,1-2H3,(H,22,23,25). The number of ether oxygens (including phenoxy) is 1. The van der Waals surface area contributed by atoms with Gasteiger partial charge in [0.15, 0.2) is 0 Å². The van der Waals surface area contributed by atoms with Crippen LogP contribution in [0.15, 0.2) is 47.5 Å². The predicted molar refractivity (Wildman–Crippen MR) is 111 cm³/mol. The number of likely N-dealkylation sites (tertiary alicyclic amines) is 1. The molecule has 1 aromatic carbocycles. The topological polar surface area (TPSA) is 118 Å². The number of amides is 2. The zero-order chi connectivity index (χ0) is 21.7. The molecule has 160 valence electrons. The second-order valence-electron chi connectivity index (χ2n) is 6.84. The molecule has 0 unspecified atom stereocenters. The number of benzene rings is 1. The van der Waals surface area contributed by atoms with Crippen LogP contribution in [0, 0.1) is 5.92 Å². The number of methoxy groups -OCH3 is 1. The molecule has 0 atom stereocenters. The molecule has 0 saturated carbocycles. The third-order valence-electron chi connectivity index (χ3n) is 5.04. The molecule has 1 fully saturated rings. The Morgan fingerprint density at radius 3 is 2.50 bits per heavy atom. The van der Waals surface area contributed by atoms with E-state index in [0.29, 0.717) is 31.7 Å². The van der Waals surface area contributed by atoms with E-state index < -0.39 is 10.0 Å². The molecule has 2 N–H and O–H groups in total. The Balaban J connectivity index is 1.67. The van der Waals surface area contributed by atoms with Gasteiger partial charge in [0.05, 0.1) is 7.11 Å². The van der Waals surface area contributed by atoms with Crippen LogP contribution in [0.1, 0.15) is 23.2 Å². The lowest BCUT2D eigenvalue weighted by Crippen LogP contribution is -2.41. The lowest BCUT2D eigenvalue weighted by Gasteiger charge is -2.31. The van der Waals surface area contributed by atoms with E-state index in [9.17, 15) is 18.0 Å². The van der Waals surface area contributed by atoms with E-state index in [1.165, 1.54) is 32.4 Å². The van der Waals surface area contributed by atoms with Crippen molar-refractivity contribution in [2.45, 2.75) is 17.7 Å². The second kappa shape index (κ2) is 9.23. The van der Waals surface area contributed by atoms with Crippen LogP contribution in [-0.2, 0) is 14.8 Å². The first-order chi connectivity index (χ1) is 14.4. The molecular weight excluding hydrogens is 408 g/mol. The van der Waals surface area contributed by atoms with Gasteiger partial charge in [-0.05, 0) is 50.2 Å². The van der Waals surface area contributed by atoms with E-state index in [2.05, 4.69) is 15.0 Å². The maximum atomic E-state index is 12.9. The number of pyridine rings is 1. The van der Waals surface area contributed by atoms with Crippen molar-refractivity contribution < 1.29 is 22.7 Å². The number of aromatic nitrogens is 1. The summed E-state index contributed by atoms with van der Waals surface area (Å²) < 4.78 is 31.8. The van der Waals surface area contributed by atoms with Crippen molar-refractivity contribution >= 4 is 27.7 Å². The number of rotatable bonds is 6. The van der Waals surface area contributed by atoms with Crippen molar-refractivity contribution in [3.8, 4) is 5.75 Å². The number of hydrogen-bond donors (Lipinski definition) is 2. The SMILES string of the molecule is CNS(=O)(=O)c1cc(C(=O)N2CCC(C(=O)Nc3ccccn3)CC2)ccc1OC. The molecule has 1 saturated heterocycles. The van der Waals surface area contributed by atoms with Gasteiger partial charge in [-0.15, -0.1) is 0 Å². The highest BCUT2D eigenvalue weighted by Crippen LogP contribution is 2.26. The molecule has 2 aromatic rings. The molecule has 0 spiro atoms. The monoisotopic (exact) mass is 432 g/mol. The van der Waals surface area contributed by atoms with Crippen molar-refractivity contribution in [3.63, 3.8) is 0 Å². The number of carbonyl (C=O) groups excluding carboxylic acids is 2. The third kappa shape index (κ3) is 4.77. The Morgan fingerprint density at radius 1 is 1.17 bits per heavy atom. The van der Waals surface area contributed by atoms with Gasteiger partial charge >= 0.3 is 0 Å². The Kier molecular flexibility index (Phi) is 6.68. The van der Waals surface area contributed by atoms with Gasteiger partial charge in [-0.25, -0.2) is 18.1 Å². The number of carbonyl (C=O) groups is 2. The van der Waals surface area contributed by atoms with Crippen LogP contribution in [0.4, 0.5) is 5.82 Å². The average Bonchev–Trinajstić information content (AvgIpc) is 2.79.